The second kappa shape index (κ2) is 12.6. The number of piperidine rings is 1. The molecule has 0 atom stereocenters. The van der Waals surface area contributed by atoms with Gasteiger partial charge in [0.15, 0.2) is 0 Å². The van der Waals surface area contributed by atoms with Crippen LogP contribution in [0.5, 0.6) is 11.5 Å². The second-order valence-electron chi connectivity index (χ2n) is 9.78. The van der Waals surface area contributed by atoms with Crippen LogP contribution < -0.4 is 20.4 Å². The van der Waals surface area contributed by atoms with Gasteiger partial charge in [-0.15, -0.1) is 0 Å². The van der Waals surface area contributed by atoms with Crippen molar-refractivity contribution in [2.24, 2.45) is 0 Å². The van der Waals surface area contributed by atoms with Crippen LogP contribution in [0.4, 0.5) is 5.69 Å². The van der Waals surface area contributed by atoms with E-state index in [0.717, 1.165) is 37.1 Å². The van der Waals surface area contributed by atoms with Crippen molar-refractivity contribution >= 4 is 28.5 Å². The van der Waals surface area contributed by atoms with Crippen molar-refractivity contribution in [2.45, 2.75) is 52.1 Å². The lowest BCUT2D eigenvalue weighted by molar-refractivity contribution is -0.134. The van der Waals surface area contributed by atoms with Crippen LogP contribution in [0.2, 0.25) is 0 Å². The Morgan fingerprint density at radius 1 is 1.13 bits per heavy atom. The molecule has 200 valence electrons. The smallest absolute Gasteiger partial charge is 0.360 e. The number of aryl methyl sites for hydroxylation is 1. The molecule has 0 aliphatic carbocycles. The van der Waals surface area contributed by atoms with Crippen molar-refractivity contribution < 1.29 is 23.5 Å². The normalized spacial score (nSPS) is 14.9. The number of benzene rings is 2. The third-order valence-corrected chi connectivity index (χ3v) is 6.59. The van der Waals surface area contributed by atoms with E-state index in [-0.39, 0.29) is 36.5 Å². The fraction of sp³-hybridized carbons (Fsp3) is 0.367. The maximum absolute atomic E-state index is 12.6. The molecule has 2 heterocycles. The van der Waals surface area contributed by atoms with Gasteiger partial charge in [0.05, 0.1) is 0 Å². The molecule has 0 saturated carbocycles. The van der Waals surface area contributed by atoms with Crippen molar-refractivity contribution in [1.29, 1.82) is 0 Å². The van der Waals surface area contributed by atoms with Crippen molar-refractivity contribution in [1.82, 2.24) is 4.90 Å². The van der Waals surface area contributed by atoms with Gasteiger partial charge in [-0.2, -0.15) is 0 Å². The quantitative estimate of drug-likeness (QED) is 0.179. The van der Waals surface area contributed by atoms with Crippen LogP contribution in [-0.2, 0) is 9.59 Å². The average Bonchev–Trinajstić information content (AvgIpc) is 2.88. The van der Waals surface area contributed by atoms with E-state index in [1.54, 1.807) is 37.3 Å². The summed E-state index contributed by atoms with van der Waals surface area (Å²) in [7, 11) is 2.10. The molecule has 4 rings (SSSR count). The largest absolute Gasteiger partial charge is 0.490 e. The summed E-state index contributed by atoms with van der Waals surface area (Å²) in [6.45, 7) is 5.66. The molecular formula is C30H34N2O6. The Balaban J connectivity index is 1.33. The summed E-state index contributed by atoms with van der Waals surface area (Å²) < 4.78 is 17.1. The standard InChI is InChI=1S/C30H34N2O6/c1-20(8-7-11-28(34)37-23-9-5-4-6-10-23)18-27(33)31-25-19-22-12-13-26(21(2)29(22)38-30(25)35)36-24-14-16-32(3)17-15-24/h4-6,8-10,12-13,19,24H,7,11,14-18H2,1-3H3,(H,31,33). The SMILES string of the molecule is CC(=CCCC(=O)Oc1ccccc1)CC(=O)Nc1cc2ccc(OC3CCN(C)CC3)c(C)c2oc1=O. The number of allylic oxidation sites excluding steroid dienone is 1. The number of esters is 1. The molecule has 0 radical (unpaired) electrons. The first-order valence-electron chi connectivity index (χ1n) is 12.9. The molecule has 1 aliphatic rings. The summed E-state index contributed by atoms with van der Waals surface area (Å²) in [6.07, 6.45) is 4.61. The third kappa shape index (κ3) is 7.32. The number of rotatable bonds is 9. The maximum Gasteiger partial charge on any atom is 0.360 e. The molecule has 0 spiro atoms. The first-order chi connectivity index (χ1) is 18.3. The summed E-state index contributed by atoms with van der Waals surface area (Å²) in [5.41, 5.74) is 1.48. The molecule has 1 saturated heterocycles. The van der Waals surface area contributed by atoms with Crippen molar-refractivity contribution in [3.63, 3.8) is 0 Å². The Hall–Kier alpha value is -3.91. The van der Waals surface area contributed by atoms with Crippen molar-refractivity contribution in [2.75, 3.05) is 25.5 Å². The Morgan fingerprint density at radius 3 is 2.61 bits per heavy atom. The Bertz CT molecular complexity index is 1370. The number of fused-ring (bicyclic) bond motifs is 1. The number of carbonyl (C=O) groups excluding carboxylic acids is 2. The highest BCUT2D eigenvalue weighted by molar-refractivity contribution is 5.94. The highest BCUT2D eigenvalue weighted by atomic mass is 16.5. The first-order valence-corrected chi connectivity index (χ1v) is 12.9. The van der Waals surface area contributed by atoms with Gasteiger partial charge in [-0.05, 0) is 70.5 Å². The number of nitrogens with one attached hydrogen (secondary N) is 1. The van der Waals surface area contributed by atoms with E-state index < -0.39 is 5.63 Å². The molecule has 1 aromatic heterocycles. The highest BCUT2D eigenvalue weighted by Gasteiger charge is 2.20. The van der Waals surface area contributed by atoms with E-state index in [4.69, 9.17) is 13.9 Å². The third-order valence-electron chi connectivity index (χ3n) is 6.59. The lowest BCUT2D eigenvalue weighted by Gasteiger charge is -2.29. The summed E-state index contributed by atoms with van der Waals surface area (Å²) in [6, 6.07) is 14.2. The zero-order valence-electron chi connectivity index (χ0n) is 22.1. The average molecular weight is 519 g/mol. The van der Waals surface area contributed by atoms with Gasteiger partial charge in [-0.1, -0.05) is 29.8 Å². The predicted molar refractivity (Wildman–Crippen MR) is 147 cm³/mol. The first kappa shape index (κ1) is 27.1. The highest BCUT2D eigenvalue weighted by Crippen LogP contribution is 2.30. The number of amides is 1. The summed E-state index contributed by atoms with van der Waals surface area (Å²) in [5, 5.41) is 3.36. The summed E-state index contributed by atoms with van der Waals surface area (Å²) in [5.74, 6) is 0.535. The molecular weight excluding hydrogens is 484 g/mol. The minimum Gasteiger partial charge on any atom is -0.490 e. The number of hydrogen-bond acceptors (Lipinski definition) is 7. The van der Waals surface area contributed by atoms with Crippen LogP contribution in [0, 0.1) is 6.92 Å². The molecule has 1 fully saturated rings. The van der Waals surface area contributed by atoms with Gasteiger partial charge in [0.25, 0.3) is 0 Å². The minimum absolute atomic E-state index is 0.0881. The van der Waals surface area contributed by atoms with Crippen LogP contribution in [0.15, 0.2) is 69.4 Å². The van der Waals surface area contributed by atoms with Crippen LogP contribution >= 0.6 is 0 Å². The van der Waals surface area contributed by atoms with Crippen molar-refractivity contribution in [3.8, 4) is 11.5 Å². The number of ether oxygens (including phenoxy) is 2. The number of para-hydroxylation sites is 1. The monoisotopic (exact) mass is 518 g/mol. The lowest BCUT2D eigenvalue weighted by Crippen LogP contribution is -2.35. The molecule has 1 aliphatic heterocycles. The van der Waals surface area contributed by atoms with Crippen LogP contribution in [-0.4, -0.2) is 43.0 Å². The van der Waals surface area contributed by atoms with E-state index in [2.05, 4.69) is 17.3 Å². The van der Waals surface area contributed by atoms with Gasteiger partial charge in [0.2, 0.25) is 5.91 Å². The fourth-order valence-corrected chi connectivity index (χ4v) is 4.43. The van der Waals surface area contributed by atoms with Crippen LogP contribution in [0.25, 0.3) is 11.0 Å². The summed E-state index contributed by atoms with van der Waals surface area (Å²) >= 11 is 0. The Morgan fingerprint density at radius 2 is 1.87 bits per heavy atom. The summed E-state index contributed by atoms with van der Waals surface area (Å²) in [4.78, 5) is 39.5. The van der Waals surface area contributed by atoms with E-state index >= 15 is 0 Å². The Labute approximate surface area is 222 Å². The number of hydrogen-bond donors (Lipinski definition) is 1. The van der Waals surface area contributed by atoms with Crippen LogP contribution in [0.3, 0.4) is 0 Å². The number of nitrogens with zero attached hydrogens (tertiary/aromatic N) is 1. The molecule has 0 unspecified atom stereocenters. The molecule has 2 aromatic carbocycles. The minimum atomic E-state index is -0.615. The zero-order valence-corrected chi connectivity index (χ0v) is 22.1. The molecule has 38 heavy (non-hydrogen) atoms. The number of carbonyl (C=O) groups is 2. The fourth-order valence-electron chi connectivity index (χ4n) is 4.43. The molecule has 8 nitrogen and oxygen atoms in total. The van der Waals surface area contributed by atoms with E-state index in [1.807, 2.05) is 31.2 Å². The topological polar surface area (TPSA) is 98.1 Å². The van der Waals surface area contributed by atoms with E-state index in [9.17, 15) is 14.4 Å². The van der Waals surface area contributed by atoms with E-state index in [1.165, 1.54) is 0 Å². The molecule has 3 aromatic rings. The van der Waals surface area contributed by atoms with Gasteiger partial charge in [-0.25, -0.2) is 4.79 Å². The van der Waals surface area contributed by atoms with Crippen LogP contribution in [0.1, 0.15) is 44.6 Å². The molecule has 0 bridgehead atoms. The van der Waals surface area contributed by atoms with Gasteiger partial charge >= 0.3 is 11.6 Å². The van der Waals surface area contributed by atoms with Gasteiger partial charge in [0.1, 0.15) is 28.9 Å². The van der Waals surface area contributed by atoms with Gasteiger partial charge in [0, 0.05) is 36.9 Å². The molecule has 1 amide bonds. The predicted octanol–water partition coefficient (Wildman–Crippen LogP) is 5.24. The van der Waals surface area contributed by atoms with Gasteiger partial charge < -0.3 is 24.1 Å². The van der Waals surface area contributed by atoms with Crippen molar-refractivity contribution in [3.05, 3.63) is 76.2 Å². The maximum atomic E-state index is 12.6. The lowest BCUT2D eigenvalue weighted by atomic mass is 10.1. The second-order valence-corrected chi connectivity index (χ2v) is 9.78. The number of anilines is 1. The molecule has 8 heteroatoms. The molecule has 1 N–H and O–H groups in total. The van der Waals surface area contributed by atoms with Gasteiger partial charge in [-0.3, -0.25) is 9.59 Å². The Kier molecular flexibility index (Phi) is 8.97. The number of likely N-dealkylation sites (tertiary alicyclic amines) is 1. The van der Waals surface area contributed by atoms with E-state index in [0.29, 0.717) is 28.9 Å². The zero-order chi connectivity index (χ0) is 27.1.